The smallest absolute Gasteiger partial charge is 0.133 e. The fourth-order valence-corrected chi connectivity index (χ4v) is 1.95. The Morgan fingerprint density at radius 2 is 1.78 bits per heavy atom. The molecule has 0 aliphatic carbocycles. The molecule has 1 heterocycles. The molecule has 0 spiro atoms. The monoisotopic (exact) mass is 243 g/mol. The first kappa shape index (κ1) is 12.8. The van der Waals surface area contributed by atoms with Gasteiger partial charge in [-0.15, -0.1) is 0 Å². The van der Waals surface area contributed by atoms with Crippen LogP contribution in [-0.4, -0.2) is 17.6 Å². The van der Waals surface area contributed by atoms with Gasteiger partial charge in [0.2, 0.25) is 0 Å². The summed E-state index contributed by atoms with van der Waals surface area (Å²) in [6, 6.07) is 8.38. The van der Waals surface area contributed by atoms with Crippen LogP contribution in [0.5, 0.6) is 0 Å². The normalized spacial score (nSPS) is 11.8. The Balaban J connectivity index is 2.40. The Hall–Kier alpha value is -1.61. The van der Waals surface area contributed by atoms with Gasteiger partial charge in [-0.3, -0.25) is 0 Å². The summed E-state index contributed by atoms with van der Waals surface area (Å²) in [5.74, 6) is 0.935. The average Bonchev–Trinajstić information content (AvgIpc) is 2.35. The zero-order valence-corrected chi connectivity index (χ0v) is 11.5. The van der Waals surface area contributed by atoms with Crippen LogP contribution in [0.1, 0.15) is 26.3 Å². The molecule has 0 atom stereocenters. The van der Waals surface area contributed by atoms with Crippen molar-refractivity contribution in [1.29, 1.82) is 0 Å². The molecule has 18 heavy (non-hydrogen) atoms. The van der Waals surface area contributed by atoms with Crippen LogP contribution in [0, 0.1) is 0 Å². The average molecular weight is 243 g/mol. The number of nitrogens with zero attached hydrogens (tertiary/aromatic N) is 1. The summed E-state index contributed by atoms with van der Waals surface area (Å²) in [6.07, 6.45) is 1.95. The van der Waals surface area contributed by atoms with Crippen molar-refractivity contribution in [3.05, 3.63) is 36.0 Å². The molecule has 0 unspecified atom stereocenters. The number of nitrogens with one attached hydrogen (secondary N) is 2. The van der Waals surface area contributed by atoms with Gasteiger partial charge >= 0.3 is 0 Å². The zero-order chi connectivity index (χ0) is 13.2. The Labute approximate surface area is 109 Å². The number of aromatic nitrogens is 1. The predicted octanol–water partition coefficient (Wildman–Crippen LogP) is 3.16. The summed E-state index contributed by atoms with van der Waals surface area (Å²) in [7, 11) is 1.90. The van der Waals surface area contributed by atoms with E-state index in [1.54, 1.807) is 0 Å². The molecule has 2 rings (SSSR count). The minimum atomic E-state index is 0.114. The van der Waals surface area contributed by atoms with Crippen molar-refractivity contribution in [2.24, 2.45) is 0 Å². The Bertz CT molecular complexity index is 541. The highest BCUT2D eigenvalue weighted by Crippen LogP contribution is 2.24. The topological polar surface area (TPSA) is 37.0 Å². The second-order valence-electron chi connectivity index (χ2n) is 5.53. The van der Waals surface area contributed by atoms with E-state index in [0.29, 0.717) is 0 Å². The lowest BCUT2D eigenvalue weighted by Crippen LogP contribution is -2.35. The molecule has 2 aromatic rings. The Kier molecular flexibility index (Phi) is 3.53. The number of anilines is 1. The van der Waals surface area contributed by atoms with Gasteiger partial charge in [-0.25, -0.2) is 4.98 Å². The molecule has 2 N–H and O–H groups in total. The quantitative estimate of drug-likeness (QED) is 0.869. The van der Waals surface area contributed by atoms with Gasteiger partial charge in [-0.05, 0) is 31.7 Å². The highest BCUT2D eigenvalue weighted by molar-refractivity contribution is 5.93. The van der Waals surface area contributed by atoms with Crippen molar-refractivity contribution < 1.29 is 0 Å². The lowest BCUT2D eigenvalue weighted by Gasteiger charge is -2.21. The summed E-state index contributed by atoms with van der Waals surface area (Å²) < 4.78 is 0. The van der Waals surface area contributed by atoms with Gasteiger partial charge in [0.15, 0.2) is 0 Å². The van der Waals surface area contributed by atoms with Gasteiger partial charge in [0.05, 0.1) is 0 Å². The number of hydrogen-bond acceptors (Lipinski definition) is 3. The van der Waals surface area contributed by atoms with Crippen LogP contribution < -0.4 is 10.6 Å². The largest absolute Gasteiger partial charge is 0.373 e. The van der Waals surface area contributed by atoms with Crippen molar-refractivity contribution in [1.82, 2.24) is 10.3 Å². The number of rotatable bonds is 3. The molecule has 0 radical (unpaired) electrons. The lowest BCUT2D eigenvalue weighted by molar-refractivity contribution is 0.425. The highest BCUT2D eigenvalue weighted by atomic mass is 15.0. The molecule has 3 nitrogen and oxygen atoms in total. The summed E-state index contributed by atoms with van der Waals surface area (Å²) in [4.78, 5) is 4.47. The third-order valence-corrected chi connectivity index (χ3v) is 2.92. The SMILES string of the molecule is CNc1ncc(CNC(C)(C)C)c2ccccc12. The van der Waals surface area contributed by atoms with Gasteiger partial charge < -0.3 is 10.6 Å². The molecular formula is C15H21N3. The fraction of sp³-hybridized carbons (Fsp3) is 0.400. The first-order valence-corrected chi connectivity index (χ1v) is 6.30. The molecule has 0 aliphatic rings. The third kappa shape index (κ3) is 2.79. The fourth-order valence-electron chi connectivity index (χ4n) is 1.95. The molecule has 96 valence electrons. The Morgan fingerprint density at radius 1 is 1.11 bits per heavy atom. The van der Waals surface area contributed by atoms with Crippen molar-refractivity contribution in [2.75, 3.05) is 12.4 Å². The molecular weight excluding hydrogens is 222 g/mol. The lowest BCUT2D eigenvalue weighted by atomic mass is 10.0. The van der Waals surface area contributed by atoms with Crippen LogP contribution in [0.2, 0.25) is 0 Å². The van der Waals surface area contributed by atoms with Crippen molar-refractivity contribution in [3.8, 4) is 0 Å². The molecule has 0 saturated heterocycles. The van der Waals surface area contributed by atoms with Crippen LogP contribution in [0.15, 0.2) is 30.5 Å². The molecule has 0 amide bonds. The van der Waals surface area contributed by atoms with E-state index < -0.39 is 0 Å². The predicted molar refractivity (Wildman–Crippen MR) is 77.9 cm³/mol. The van der Waals surface area contributed by atoms with Crippen molar-refractivity contribution in [2.45, 2.75) is 32.9 Å². The standard InChI is InChI=1S/C15H21N3/c1-15(2,3)18-10-11-9-17-14(16-4)13-8-6-5-7-12(11)13/h5-9,18H,10H2,1-4H3,(H,16,17). The van der Waals surface area contributed by atoms with E-state index in [-0.39, 0.29) is 5.54 Å². The summed E-state index contributed by atoms with van der Waals surface area (Å²) >= 11 is 0. The molecule has 3 heteroatoms. The van der Waals surface area contributed by atoms with E-state index in [9.17, 15) is 0 Å². The zero-order valence-electron chi connectivity index (χ0n) is 11.5. The maximum Gasteiger partial charge on any atom is 0.133 e. The van der Waals surface area contributed by atoms with E-state index in [2.05, 4.69) is 54.6 Å². The maximum atomic E-state index is 4.47. The third-order valence-electron chi connectivity index (χ3n) is 2.92. The van der Waals surface area contributed by atoms with Gasteiger partial charge in [0.25, 0.3) is 0 Å². The minimum absolute atomic E-state index is 0.114. The molecule has 1 aromatic heterocycles. The molecule has 0 saturated carbocycles. The van der Waals surface area contributed by atoms with E-state index in [1.165, 1.54) is 16.3 Å². The van der Waals surface area contributed by atoms with Crippen molar-refractivity contribution in [3.63, 3.8) is 0 Å². The van der Waals surface area contributed by atoms with Crippen molar-refractivity contribution >= 4 is 16.6 Å². The van der Waals surface area contributed by atoms with E-state index >= 15 is 0 Å². The van der Waals surface area contributed by atoms with E-state index in [4.69, 9.17) is 0 Å². The van der Waals surface area contributed by atoms with Gasteiger partial charge in [0.1, 0.15) is 5.82 Å². The molecule has 0 aliphatic heterocycles. The summed E-state index contributed by atoms with van der Waals surface area (Å²) in [5, 5.41) is 9.08. The summed E-state index contributed by atoms with van der Waals surface area (Å²) in [6.45, 7) is 7.35. The number of hydrogen-bond donors (Lipinski definition) is 2. The van der Waals surface area contributed by atoms with Crippen LogP contribution in [0.4, 0.5) is 5.82 Å². The molecule has 0 fully saturated rings. The van der Waals surface area contributed by atoms with E-state index in [0.717, 1.165) is 12.4 Å². The Morgan fingerprint density at radius 3 is 2.39 bits per heavy atom. The minimum Gasteiger partial charge on any atom is -0.373 e. The molecule has 1 aromatic carbocycles. The number of benzene rings is 1. The number of pyridine rings is 1. The summed E-state index contributed by atoms with van der Waals surface area (Å²) in [5.41, 5.74) is 1.35. The number of fused-ring (bicyclic) bond motifs is 1. The van der Waals surface area contributed by atoms with E-state index in [1.807, 2.05) is 19.3 Å². The maximum absolute atomic E-state index is 4.47. The van der Waals surface area contributed by atoms with Gasteiger partial charge in [0, 0.05) is 30.7 Å². The first-order valence-electron chi connectivity index (χ1n) is 6.30. The van der Waals surface area contributed by atoms with Crippen LogP contribution >= 0.6 is 0 Å². The second kappa shape index (κ2) is 4.94. The molecule has 0 bridgehead atoms. The van der Waals surface area contributed by atoms with Gasteiger partial charge in [-0.2, -0.15) is 0 Å². The second-order valence-corrected chi connectivity index (χ2v) is 5.53. The van der Waals surface area contributed by atoms with Crippen LogP contribution in [-0.2, 0) is 6.54 Å². The van der Waals surface area contributed by atoms with Gasteiger partial charge in [-0.1, -0.05) is 24.3 Å². The first-order chi connectivity index (χ1) is 8.51. The van der Waals surface area contributed by atoms with Crippen LogP contribution in [0.3, 0.4) is 0 Å². The highest BCUT2D eigenvalue weighted by Gasteiger charge is 2.11. The van der Waals surface area contributed by atoms with Crippen LogP contribution in [0.25, 0.3) is 10.8 Å².